The number of nitrogens with one attached hydrogen (secondary N) is 1. The molecule has 1 heterocycles. The highest BCUT2D eigenvalue weighted by atomic mass is 16.5. The van der Waals surface area contributed by atoms with E-state index in [1.54, 1.807) is 24.3 Å². The number of hydrogen-bond donors (Lipinski definition) is 1. The average Bonchev–Trinajstić information content (AvgIpc) is 2.88. The number of imide groups is 1. The first-order valence-corrected chi connectivity index (χ1v) is 10.4. The van der Waals surface area contributed by atoms with Gasteiger partial charge in [0.05, 0.1) is 24.3 Å². The summed E-state index contributed by atoms with van der Waals surface area (Å²) in [6, 6.07) is 6.82. The van der Waals surface area contributed by atoms with Crippen molar-refractivity contribution < 1.29 is 19.1 Å². The average molecular weight is 382 g/mol. The summed E-state index contributed by atoms with van der Waals surface area (Å²) in [5, 5.41) is 3.27. The third kappa shape index (κ3) is 3.04. The van der Waals surface area contributed by atoms with Crippen molar-refractivity contribution in [1.82, 2.24) is 10.2 Å². The fraction of sp³-hybridized carbons (Fsp3) is 0.591. The Labute approximate surface area is 164 Å². The van der Waals surface area contributed by atoms with Crippen molar-refractivity contribution in [3.05, 3.63) is 35.4 Å². The van der Waals surface area contributed by atoms with Gasteiger partial charge >= 0.3 is 0 Å². The Kier molecular flexibility index (Phi) is 4.27. The molecule has 4 saturated carbocycles. The third-order valence-electron chi connectivity index (χ3n) is 7.01. The molecule has 0 spiro atoms. The minimum atomic E-state index is -0.290. The normalized spacial score (nSPS) is 32.7. The van der Waals surface area contributed by atoms with Gasteiger partial charge in [-0.25, -0.2) is 0 Å². The van der Waals surface area contributed by atoms with Crippen LogP contribution in [0.5, 0.6) is 0 Å². The molecule has 6 nitrogen and oxygen atoms in total. The zero-order valence-corrected chi connectivity index (χ0v) is 16.0. The number of hydrogen-bond acceptors (Lipinski definition) is 4. The maximum atomic E-state index is 12.4. The van der Waals surface area contributed by atoms with Crippen molar-refractivity contribution in [3.63, 3.8) is 0 Å². The molecule has 4 fully saturated rings. The molecule has 0 aromatic heterocycles. The second-order valence-corrected chi connectivity index (χ2v) is 9.11. The van der Waals surface area contributed by atoms with Gasteiger partial charge in [0.15, 0.2) is 0 Å². The molecule has 6 heteroatoms. The molecule has 0 radical (unpaired) electrons. The first-order valence-electron chi connectivity index (χ1n) is 10.4. The summed E-state index contributed by atoms with van der Waals surface area (Å²) in [4.78, 5) is 38.3. The molecule has 0 atom stereocenters. The largest absolute Gasteiger partial charge is 0.370 e. The SMILES string of the molecule is O=C(COCCN1C(=O)c2ccccc2C1=O)NC12CC3CC(CC(C3)C1)C2. The second kappa shape index (κ2) is 6.69. The fourth-order valence-electron chi connectivity index (χ4n) is 6.36. The molecule has 1 N–H and O–H groups in total. The molecular formula is C22H26N2O4. The minimum absolute atomic E-state index is 0.0161. The van der Waals surface area contributed by atoms with E-state index in [-0.39, 0.29) is 43.0 Å². The van der Waals surface area contributed by atoms with Crippen LogP contribution in [-0.4, -0.2) is 47.9 Å². The predicted octanol–water partition coefficient (Wildman–Crippen LogP) is 2.38. The Morgan fingerprint density at radius 1 is 1.00 bits per heavy atom. The Hall–Kier alpha value is -2.21. The van der Waals surface area contributed by atoms with Gasteiger partial charge in [0.1, 0.15) is 6.61 Å². The van der Waals surface area contributed by atoms with Crippen LogP contribution in [0, 0.1) is 17.8 Å². The molecule has 1 aliphatic heterocycles. The smallest absolute Gasteiger partial charge is 0.261 e. The van der Waals surface area contributed by atoms with E-state index >= 15 is 0 Å². The van der Waals surface area contributed by atoms with Crippen LogP contribution >= 0.6 is 0 Å². The number of ether oxygens (including phenoxy) is 1. The molecule has 4 aliphatic carbocycles. The Balaban J connectivity index is 1.10. The molecular weight excluding hydrogens is 356 g/mol. The van der Waals surface area contributed by atoms with E-state index in [2.05, 4.69) is 5.32 Å². The van der Waals surface area contributed by atoms with Gasteiger partial charge in [-0.3, -0.25) is 19.3 Å². The van der Waals surface area contributed by atoms with Crippen LogP contribution in [0.2, 0.25) is 0 Å². The van der Waals surface area contributed by atoms with Gasteiger partial charge in [-0.1, -0.05) is 12.1 Å². The number of amides is 3. The summed E-state index contributed by atoms with van der Waals surface area (Å²) < 4.78 is 5.51. The van der Waals surface area contributed by atoms with Crippen LogP contribution < -0.4 is 5.32 Å². The number of nitrogens with zero attached hydrogens (tertiary/aromatic N) is 1. The number of benzene rings is 1. The number of rotatable bonds is 6. The number of carbonyl (C=O) groups is 3. The van der Waals surface area contributed by atoms with Gasteiger partial charge in [0, 0.05) is 5.54 Å². The Bertz CT molecular complexity index is 763. The van der Waals surface area contributed by atoms with Crippen LogP contribution in [0.4, 0.5) is 0 Å². The number of fused-ring (bicyclic) bond motifs is 1. The minimum Gasteiger partial charge on any atom is -0.370 e. The second-order valence-electron chi connectivity index (χ2n) is 9.11. The van der Waals surface area contributed by atoms with Crippen molar-refractivity contribution in [2.75, 3.05) is 19.8 Å². The predicted molar refractivity (Wildman–Crippen MR) is 102 cm³/mol. The molecule has 4 bridgehead atoms. The lowest BCUT2D eigenvalue weighted by atomic mass is 9.53. The van der Waals surface area contributed by atoms with Crippen LogP contribution in [0.25, 0.3) is 0 Å². The highest BCUT2D eigenvalue weighted by Crippen LogP contribution is 2.55. The van der Waals surface area contributed by atoms with E-state index < -0.39 is 0 Å². The van der Waals surface area contributed by atoms with E-state index in [0.717, 1.165) is 37.0 Å². The maximum Gasteiger partial charge on any atom is 0.261 e. The summed E-state index contributed by atoms with van der Waals surface area (Å²) in [7, 11) is 0. The summed E-state index contributed by atoms with van der Waals surface area (Å²) >= 11 is 0. The summed E-state index contributed by atoms with van der Waals surface area (Å²) in [6.07, 6.45) is 7.35. The molecule has 6 rings (SSSR count). The van der Waals surface area contributed by atoms with Gasteiger partial charge in [-0.15, -0.1) is 0 Å². The first-order chi connectivity index (χ1) is 13.5. The zero-order chi connectivity index (χ0) is 19.3. The summed E-state index contributed by atoms with van der Waals surface area (Å²) in [6.45, 7) is 0.307. The Morgan fingerprint density at radius 2 is 1.54 bits per heavy atom. The van der Waals surface area contributed by atoms with E-state index in [0.29, 0.717) is 11.1 Å². The third-order valence-corrected chi connectivity index (χ3v) is 7.01. The lowest BCUT2D eigenvalue weighted by Gasteiger charge is -2.56. The summed E-state index contributed by atoms with van der Waals surface area (Å²) in [5.74, 6) is 1.68. The van der Waals surface area contributed by atoms with Gasteiger partial charge in [-0.2, -0.15) is 0 Å². The van der Waals surface area contributed by atoms with Crippen molar-refractivity contribution in [3.8, 4) is 0 Å². The topological polar surface area (TPSA) is 75.7 Å². The van der Waals surface area contributed by atoms with Crippen LogP contribution in [0.3, 0.4) is 0 Å². The molecule has 1 aromatic rings. The van der Waals surface area contributed by atoms with Gasteiger partial charge < -0.3 is 10.1 Å². The van der Waals surface area contributed by atoms with Gasteiger partial charge in [-0.05, 0) is 68.4 Å². The van der Waals surface area contributed by atoms with Crippen molar-refractivity contribution in [2.24, 2.45) is 17.8 Å². The molecule has 3 amide bonds. The highest BCUT2D eigenvalue weighted by Gasteiger charge is 2.51. The van der Waals surface area contributed by atoms with Crippen molar-refractivity contribution >= 4 is 17.7 Å². The molecule has 5 aliphatic rings. The van der Waals surface area contributed by atoms with Crippen LogP contribution in [0.1, 0.15) is 59.2 Å². The highest BCUT2D eigenvalue weighted by molar-refractivity contribution is 6.21. The van der Waals surface area contributed by atoms with E-state index in [4.69, 9.17) is 4.74 Å². The molecule has 1 aromatic carbocycles. The fourth-order valence-corrected chi connectivity index (χ4v) is 6.36. The zero-order valence-electron chi connectivity index (χ0n) is 16.0. The molecule has 0 saturated heterocycles. The van der Waals surface area contributed by atoms with Gasteiger partial charge in [0.2, 0.25) is 5.91 Å². The standard InChI is InChI=1S/C22H26N2O4/c25-19(23-22-10-14-7-15(11-22)9-16(8-14)12-22)13-28-6-5-24-20(26)17-3-1-2-4-18(17)21(24)27/h1-4,14-16H,5-13H2,(H,23,25). The van der Waals surface area contributed by atoms with E-state index in [1.807, 2.05) is 0 Å². The maximum absolute atomic E-state index is 12.4. The molecule has 148 valence electrons. The monoisotopic (exact) mass is 382 g/mol. The summed E-state index contributed by atoms with van der Waals surface area (Å²) in [5.41, 5.74) is 0.858. The van der Waals surface area contributed by atoms with Crippen LogP contribution in [-0.2, 0) is 9.53 Å². The van der Waals surface area contributed by atoms with E-state index in [9.17, 15) is 14.4 Å². The van der Waals surface area contributed by atoms with Crippen LogP contribution in [0.15, 0.2) is 24.3 Å². The lowest BCUT2D eigenvalue weighted by molar-refractivity contribution is -0.131. The quantitative estimate of drug-likeness (QED) is 0.605. The molecule has 28 heavy (non-hydrogen) atoms. The van der Waals surface area contributed by atoms with E-state index in [1.165, 1.54) is 24.2 Å². The Morgan fingerprint density at radius 3 is 2.07 bits per heavy atom. The lowest BCUT2D eigenvalue weighted by Crippen LogP contribution is -2.60. The van der Waals surface area contributed by atoms with Crippen molar-refractivity contribution in [2.45, 2.75) is 44.1 Å². The molecule has 0 unspecified atom stereocenters. The number of carbonyl (C=O) groups excluding carboxylic acids is 3. The first kappa shape index (κ1) is 17.9. The van der Waals surface area contributed by atoms with Crippen molar-refractivity contribution in [1.29, 1.82) is 0 Å². The van der Waals surface area contributed by atoms with Gasteiger partial charge in [0.25, 0.3) is 11.8 Å².